The molecule has 11 amide bonds. The van der Waals surface area contributed by atoms with Crippen molar-refractivity contribution >= 4 is 94.5 Å². The van der Waals surface area contributed by atoms with Crippen molar-refractivity contribution in [3.63, 3.8) is 0 Å². The minimum Gasteiger partial charge on any atom is -0.480 e. The fourth-order valence-electron chi connectivity index (χ4n) is 11.4. The van der Waals surface area contributed by atoms with Crippen LogP contribution in [-0.2, 0) is 83.2 Å². The van der Waals surface area contributed by atoms with E-state index in [4.69, 9.17) is 22.9 Å². The van der Waals surface area contributed by atoms with Gasteiger partial charge in [-0.2, -0.15) is 12.6 Å². The van der Waals surface area contributed by atoms with E-state index in [0.717, 1.165) is 4.90 Å². The normalized spacial score (nSPS) is 15.1. The lowest BCUT2D eigenvalue weighted by Crippen LogP contribution is -2.63. The monoisotopic (exact) mass is 1450 g/mol. The Morgan fingerprint density at radius 2 is 0.874 bits per heavy atom. The zero-order valence-corrected chi connectivity index (χ0v) is 59.6. The summed E-state index contributed by atoms with van der Waals surface area (Å²) in [6, 6.07) is 15.9. The van der Waals surface area contributed by atoms with Crippen LogP contribution in [0.4, 0.5) is 0 Å². The number of hydrogen-bond acceptors (Lipinski definition) is 18. The lowest BCUT2D eigenvalue weighted by molar-refractivity contribution is -0.146. The molecule has 31 heteroatoms. The number of carboxylic acids is 1. The number of nitrogens with two attached hydrogens (primary N) is 4. The molecule has 103 heavy (non-hydrogen) atoms. The number of thiol groups is 1. The Labute approximate surface area is 604 Å². The van der Waals surface area contributed by atoms with Crippen LogP contribution in [0, 0.1) is 5.92 Å². The Morgan fingerprint density at radius 3 is 1.33 bits per heavy atom. The van der Waals surface area contributed by atoms with Crippen molar-refractivity contribution in [3.8, 4) is 0 Å². The van der Waals surface area contributed by atoms with E-state index in [2.05, 4.69) is 65.5 Å². The highest BCUT2D eigenvalue weighted by molar-refractivity contribution is 7.80. The van der Waals surface area contributed by atoms with Crippen molar-refractivity contribution < 1.29 is 72.9 Å². The average molecular weight is 1450 g/mol. The van der Waals surface area contributed by atoms with Gasteiger partial charge in [-0.1, -0.05) is 129 Å². The van der Waals surface area contributed by atoms with Crippen molar-refractivity contribution in [2.24, 2.45) is 28.9 Å². The number of para-hydroxylation sites is 1. The van der Waals surface area contributed by atoms with E-state index < -0.39 is 156 Å². The molecule has 13 atom stereocenters. The first-order valence-electron chi connectivity index (χ1n) is 34.4. The van der Waals surface area contributed by atoms with Crippen LogP contribution in [0.5, 0.6) is 0 Å². The number of aromatic amines is 1. The number of benzene rings is 4. The number of aliphatic hydroxyl groups is 2. The predicted octanol–water partition coefficient (Wildman–Crippen LogP) is -1.09. The quantitative estimate of drug-likeness (QED) is 0.0163. The second-order valence-electron chi connectivity index (χ2n) is 26.0. The lowest BCUT2D eigenvalue weighted by Gasteiger charge is -2.34. The maximum Gasteiger partial charge on any atom is 0.327 e. The molecule has 0 radical (unpaired) electrons. The molecular formula is C72H101N15O15S. The average Bonchev–Trinajstić information content (AvgIpc) is 1.80. The summed E-state index contributed by atoms with van der Waals surface area (Å²) in [6.45, 7) is 6.45. The SMILES string of the molecule is CC(C)C[C@@H](C(=O)N[C@@H](CS)C(=O)O)N(C)C(=O)[C@@H](NC(=O)[C@H](Cc1ccccc1)NC(=O)[C@@H](NC(=O)[C@H](CCCCN)NC(=O)[C@@H](Cc1c[nH]c2ccccc12)NC(=O)[C@H](Cc1ccccc1)NC(=O)[C@H](Cc1ccccc1)NC(=O)[C@H](CC(N)=O)NC(=O)[C@@H](N)CCCCN)[C@@H](C)O)[C@@H](C)O. The molecular weight excluding hydrogens is 1350 g/mol. The molecule has 560 valence electrons. The number of carbonyl (C=O) groups excluding carboxylic acids is 11. The topological polar surface area (TPSA) is 497 Å². The fraction of sp³-hybridized carbons (Fsp3) is 0.472. The number of unbranched alkanes of at least 4 members (excludes halogenated alkanes) is 2. The van der Waals surface area contributed by atoms with Gasteiger partial charge in [0.2, 0.25) is 65.0 Å². The van der Waals surface area contributed by atoms with Crippen molar-refractivity contribution in [1.82, 2.24) is 57.7 Å². The first kappa shape index (κ1) is 83.9. The Hall–Kier alpha value is -9.79. The van der Waals surface area contributed by atoms with Gasteiger partial charge in [0, 0.05) is 55.6 Å². The third kappa shape index (κ3) is 27.2. The van der Waals surface area contributed by atoms with Crippen LogP contribution in [0.15, 0.2) is 121 Å². The number of primary amides is 1. The third-order valence-corrected chi connectivity index (χ3v) is 17.5. The smallest absolute Gasteiger partial charge is 0.327 e. The minimum atomic E-state index is -1.85. The molecule has 0 spiro atoms. The molecule has 0 bridgehead atoms. The summed E-state index contributed by atoms with van der Waals surface area (Å²) in [5.74, 6) is -12.2. The van der Waals surface area contributed by atoms with Crippen LogP contribution in [0.25, 0.3) is 10.9 Å². The number of nitrogens with zero attached hydrogens (tertiary/aromatic N) is 1. The van der Waals surface area contributed by atoms with Crippen molar-refractivity contribution in [2.45, 2.75) is 183 Å². The van der Waals surface area contributed by atoms with Gasteiger partial charge >= 0.3 is 5.97 Å². The molecule has 0 saturated carbocycles. The number of carboxylic acid groups (broad SMARTS) is 1. The summed E-state index contributed by atoms with van der Waals surface area (Å²) in [7, 11) is 1.25. The second kappa shape index (κ2) is 42.6. The van der Waals surface area contributed by atoms with Gasteiger partial charge in [0.25, 0.3) is 0 Å². The number of likely N-dealkylation sites (N-methyl/N-ethyl adjacent to an activating group) is 1. The van der Waals surface area contributed by atoms with E-state index >= 15 is 9.59 Å². The summed E-state index contributed by atoms with van der Waals surface area (Å²) >= 11 is 4.03. The first-order valence-corrected chi connectivity index (χ1v) is 35.0. The van der Waals surface area contributed by atoms with Crippen molar-refractivity contribution in [1.29, 1.82) is 0 Å². The standard InChI is InChI=1S/C72H101N15O15S/c1-41(2)33-58(69(98)84-57(40-103)72(101)102)87(5)71(100)61(43(4)89)86-68(97)54(36-46-25-13-8-14-26-46)83-70(99)60(42(3)88)85-63(92)51(30-18-20-32-74)78-66(95)55(37-47-39-77-50-29-16-15-27-48(47)50)82-65(94)53(35-45-23-11-7-12-24-45)80-64(93)52(34-44-21-9-6-10-22-44)81-67(96)56(38-59(76)90)79-62(91)49(75)28-17-19-31-73/h6-16,21-27,29,39,41-43,49,51-58,60-61,77,88-89,103H,17-20,28,30-38,40,73-75H2,1-5H3,(H2,76,90)(H,78,95)(H,79,91)(H,80,93)(H,81,96)(H,82,94)(H,83,99)(H,84,98)(H,85,92)(H,86,97)(H,101,102)/t42-,43-,49+,51+,52+,53+,54+,55-,56+,57+,58+,60+,61+/m1/s1. The molecule has 0 fully saturated rings. The van der Waals surface area contributed by atoms with Crippen LogP contribution in [0.1, 0.15) is 101 Å². The summed E-state index contributed by atoms with van der Waals surface area (Å²) in [4.78, 5) is 173. The van der Waals surface area contributed by atoms with Gasteiger partial charge < -0.3 is 96.0 Å². The van der Waals surface area contributed by atoms with E-state index in [9.17, 15) is 63.3 Å². The number of amides is 11. The number of aliphatic carboxylic acids is 1. The van der Waals surface area contributed by atoms with Gasteiger partial charge in [0.15, 0.2) is 0 Å². The maximum absolute atomic E-state index is 15.2. The highest BCUT2D eigenvalue weighted by Gasteiger charge is 2.40. The van der Waals surface area contributed by atoms with E-state index in [1.807, 2.05) is 0 Å². The molecule has 0 aliphatic heterocycles. The highest BCUT2D eigenvalue weighted by atomic mass is 32.1. The number of rotatable bonds is 44. The van der Waals surface area contributed by atoms with Crippen molar-refractivity contribution in [2.75, 3.05) is 25.9 Å². The molecule has 5 aromatic rings. The van der Waals surface area contributed by atoms with Gasteiger partial charge in [-0.3, -0.25) is 52.7 Å². The Balaban J connectivity index is 1.47. The van der Waals surface area contributed by atoms with Crippen LogP contribution < -0.4 is 70.8 Å². The van der Waals surface area contributed by atoms with E-state index in [1.54, 1.807) is 135 Å². The third-order valence-electron chi connectivity index (χ3n) is 17.1. The summed E-state index contributed by atoms with van der Waals surface area (Å²) in [6.07, 6.45) is -1.37. The van der Waals surface area contributed by atoms with E-state index in [1.165, 1.54) is 20.9 Å². The van der Waals surface area contributed by atoms with E-state index in [-0.39, 0.29) is 69.6 Å². The summed E-state index contributed by atoms with van der Waals surface area (Å²) < 4.78 is 0. The Morgan fingerprint density at radius 1 is 0.476 bits per heavy atom. The lowest BCUT2D eigenvalue weighted by atomic mass is 9.99. The molecule has 0 aliphatic rings. The second-order valence-corrected chi connectivity index (χ2v) is 26.3. The van der Waals surface area contributed by atoms with Gasteiger partial charge in [0.1, 0.15) is 60.4 Å². The maximum atomic E-state index is 15.2. The summed E-state index contributed by atoms with van der Waals surface area (Å²) in [5, 5.41) is 56.1. The molecule has 21 N–H and O–H groups in total. The largest absolute Gasteiger partial charge is 0.480 e. The predicted molar refractivity (Wildman–Crippen MR) is 388 cm³/mol. The van der Waals surface area contributed by atoms with E-state index in [0.29, 0.717) is 59.0 Å². The fourth-order valence-corrected chi connectivity index (χ4v) is 11.6. The van der Waals surface area contributed by atoms with Gasteiger partial charge in [0.05, 0.1) is 24.7 Å². The van der Waals surface area contributed by atoms with Crippen LogP contribution in [0.2, 0.25) is 0 Å². The van der Waals surface area contributed by atoms with Gasteiger partial charge in [-0.25, -0.2) is 4.79 Å². The van der Waals surface area contributed by atoms with Crippen LogP contribution in [-0.4, -0.2) is 201 Å². The summed E-state index contributed by atoms with van der Waals surface area (Å²) in [5.41, 5.74) is 26.0. The molecule has 30 nitrogen and oxygen atoms in total. The Bertz CT molecular complexity index is 3630. The Kier molecular flexibility index (Phi) is 34.7. The molecule has 4 aromatic carbocycles. The number of H-pyrrole nitrogens is 1. The molecule has 0 saturated heterocycles. The number of aromatic nitrogens is 1. The highest BCUT2D eigenvalue weighted by Crippen LogP contribution is 2.21. The first-order chi connectivity index (χ1) is 49.0. The molecule has 1 aromatic heterocycles. The zero-order chi connectivity index (χ0) is 75.9. The molecule has 5 rings (SSSR count). The van der Waals surface area contributed by atoms with Crippen LogP contribution >= 0.6 is 12.6 Å². The number of carbonyl (C=O) groups is 12. The van der Waals surface area contributed by atoms with Crippen molar-refractivity contribution in [3.05, 3.63) is 144 Å². The molecule has 0 unspecified atom stereocenters. The van der Waals surface area contributed by atoms with Crippen LogP contribution in [0.3, 0.4) is 0 Å². The number of fused-ring (bicyclic) bond motifs is 1. The van der Waals surface area contributed by atoms with Gasteiger partial charge in [-0.05, 0) is 99.7 Å². The zero-order valence-electron chi connectivity index (χ0n) is 58.7. The minimum absolute atomic E-state index is 0.0363. The van der Waals surface area contributed by atoms with Gasteiger partial charge in [-0.15, -0.1) is 0 Å². The number of hydrogen-bond donors (Lipinski definition) is 18. The molecule has 0 aliphatic carbocycles. The molecule has 1 heterocycles. The number of aliphatic hydroxyl groups excluding tert-OH is 2. The number of nitrogens with one attached hydrogen (secondary N) is 10.